The first-order valence-corrected chi connectivity index (χ1v) is 6.54. The molecule has 0 spiro atoms. The van der Waals surface area contributed by atoms with Crippen molar-refractivity contribution in [1.29, 1.82) is 0 Å². The van der Waals surface area contributed by atoms with Gasteiger partial charge in [-0.1, -0.05) is 19.9 Å². The van der Waals surface area contributed by atoms with Crippen LogP contribution in [0, 0.1) is 5.41 Å². The van der Waals surface area contributed by atoms with E-state index in [4.69, 9.17) is 11.6 Å². The molecule has 1 saturated carbocycles. The number of amides is 1. The van der Waals surface area contributed by atoms with Crippen LogP contribution >= 0.6 is 11.6 Å². The first-order valence-electron chi connectivity index (χ1n) is 6.01. The third kappa shape index (κ3) is 4.17. The number of halogens is 1. The van der Waals surface area contributed by atoms with Crippen LogP contribution in [0.3, 0.4) is 0 Å². The molecular formula is C13H22ClNO. The van der Waals surface area contributed by atoms with Gasteiger partial charge in [-0.15, -0.1) is 11.6 Å². The van der Waals surface area contributed by atoms with Crippen molar-refractivity contribution in [3.63, 3.8) is 0 Å². The van der Waals surface area contributed by atoms with E-state index >= 15 is 0 Å². The second-order valence-corrected chi connectivity index (χ2v) is 5.67. The highest BCUT2D eigenvalue weighted by Crippen LogP contribution is 2.44. The van der Waals surface area contributed by atoms with Crippen molar-refractivity contribution < 1.29 is 4.79 Å². The number of carbonyl (C=O) groups is 1. The molecule has 1 fully saturated rings. The molecule has 0 aromatic carbocycles. The molecule has 0 heterocycles. The molecule has 0 bridgehead atoms. The number of nitrogens with one attached hydrogen (secondary N) is 1. The van der Waals surface area contributed by atoms with E-state index in [1.807, 2.05) is 13.0 Å². The summed E-state index contributed by atoms with van der Waals surface area (Å²) in [5.41, 5.74) is 1.13. The fourth-order valence-electron chi connectivity index (χ4n) is 1.64. The van der Waals surface area contributed by atoms with Gasteiger partial charge in [-0.3, -0.25) is 4.79 Å². The number of hydrogen-bond acceptors (Lipinski definition) is 1. The molecule has 0 aliphatic heterocycles. The van der Waals surface area contributed by atoms with Crippen LogP contribution in [0.25, 0.3) is 0 Å². The monoisotopic (exact) mass is 243 g/mol. The Bertz CT molecular complexity index is 284. The highest BCUT2D eigenvalue weighted by Gasteiger charge is 2.46. The number of alkyl halides is 1. The maximum absolute atomic E-state index is 11.7. The lowest BCUT2D eigenvalue weighted by atomic mass is 10.1. The van der Waals surface area contributed by atoms with Crippen LogP contribution in [0.1, 0.15) is 46.5 Å². The second kappa shape index (κ2) is 5.72. The summed E-state index contributed by atoms with van der Waals surface area (Å²) in [4.78, 5) is 11.7. The highest BCUT2D eigenvalue weighted by molar-refractivity contribution is 6.17. The topological polar surface area (TPSA) is 29.1 Å². The normalized spacial score (nSPS) is 23.0. The van der Waals surface area contributed by atoms with Crippen LogP contribution in [-0.4, -0.2) is 17.8 Å². The number of allylic oxidation sites excluding steroid dienone is 1. The first kappa shape index (κ1) is 13.6. The molecule has 1 atom stereocenters. The Morgan fingerprint density at radius 3 is 2.62 bits per heavy atom. The van der Waals surface area contributed by atoms with Gasteiger partial charge in [-0.2, -0.15) is 0 Å². The minimum atomic E-state index is 0.0847. The van der Waals surface area contributed by atoms with E-state index in [1.165, 1.54) is 0 Å². The summed E-state index contributed by atoms with van der Waals surface area (Å²) >= 11 is 5.59. The van der Waals surface area contributed by atoms with E-state index in [2.05, 4.69) is 19.2 Å². The van der Waals surface area contributed by atoms with Crippen LogP contribution < -0.4 is 5.32 Å². The van der Waals surface area contributed by atoms with E-state index in [9.17, 15) is 4.79 Å². The van der Waals surface area contributed by atoms with Crippen molar-refractivity contribution in [3.8, 4) is 0 Å². The number of hydrogen-bond donors (Lipinski definition) is 1. The first-order chi connectivity index (χ1) is 7.47. The molecule has 16 heavy (non-hydrogen) atoms. The third-order valence-electron chi connectivity index (χ3n) is 3.22. The summed E-state index contributed by atoms with van der Waals surface area (Å²) in [6, 6.07) is 0.367. The molecule has 0 aromatic rings. The number of rotatable bonds is 6. The van der Waals surface area contributed by atoms with Crippen molar-refractivity contribution >= 4 is 17.5 Å². The molecule has 1 amide bonds. The van der Waals surface area contributed by atoms with Gasteiger partial charge in [0.1, 0.15) is 0 Å². The predicted octanol–water partition coefficient (Wildman–Crippen LogP) is 3.26. The fourth-order valence-corrected chi connectivity index (χ4v) is 1.82. The third-order valence-corrected chi connectivity index (χ3v) is 3.48. The number of unbranched alkanes of at least 4 members (excludes halogenated alkanes) is 2. The lowest BCUT2D eigenvalue weighted by Gasteiger charge is -2.07. The molecule has 0 radical (unpaired) electrons. The Morgan fingerprint density at radius 1 is 1.50 bits per heavy atom. The standard InChI is InChI=1S/C13H22ClNO/c1-10(7-5-4-6-8-14)12(16)15-11-9-13(11,2)3/h7,11H,4-6,8-9H2,1-3H3,(H,15,16)/t11-/m0/s1. The van der Waals surface area contributed by atoms with Gasteiger partial charge >= 0.3 is 0 Å². The Labute approximate surface area is 103 Å². The van der Waals surface area contributed by atoms with E-state index in [0.29, 0.717) is 17.3 Å². The molecule has 1 aliphatic carbocycles. The van der Waals surface area contributed by atoms with Gasteiger partial charge in [0.25, 0.3) is 0 Å². The summed E-state index contributed by atoms with van der Waals surface area (Å²) in [6.45, 7) is 6.24. The summed E-state index contributed by atoms with van der Waals surface area (Å²) in [6.07, 6.45) is 6.13. The molecule has 2 nitrogen and oxygen atoms in total. The lowest BCUT2D eigenvalue weighted by Crippen LogP contribution is -2.28. The largest absolute Gasteiger partial charge is 0.349 e. The quantitative estimate of drug-likeness (QED) is 0.433. The van der Waals surface area contributed by atoms with Gasteiger partial charge in [0, 0.05) is 17.5 Å². The molecule has 0 aromatic heterocycles. The fraction of sp³-hybridized carbons (Fsp3) is 0.769. The van der Waals surface area contributed by atoms with E-state index in [0.717, 1.165) is 31.3 Å². The summed E-state index contributed by atoms with van der Waals surface area (Å²) in [5.74, 6) is 0.788. The van der Waals surface area contributed by atoms with Crippen molar-refractivity contribution in [1.82, 2.24) is 5.32 Å². The molecule has 0 unspecified atom stereocenters. The molecular weight excluding hydrogens is 222 g/mol. The van der Waals surface area contributed by atoms with E-state index in [1.54, 1.807) is 0 Å². The zero-order chi connectivity index (χ0) is 12.2. The van der Waals surface area contributed by atoms with Crippen molar-refractivity contribution in [2.24, 2.45) is 5.41 Å². The number of carbonyl (C=O) groups excluding carboxylic acids is 1. The Morgan fingerprint density at radius 2 is 2.12 bits per heavy atom. The van der Waals surface area contributed by atoms with Crippen molar-refractivity contribution in [3.05, 3.63) is 11.6 Å². The maximum Gasteiger partial charge on any atom is 0.246 e. The highest BCUT2D eigenvalue weighted by atomic mass is 35.5. The Kier molecular flexibility index (Phi) is 4.85. The van der Waals surface area contributed by atoms with Gasteiger partial charge in [-0.05, 0) is 38.0 Å². The average molecular weight is 244 g/mol. The SMILES string of the molecule is CC(=CCCCCCl)C(=O)N[C@H]1CC1(C)C. The summed E-state index contributed by atoms with van der Waals surface area (Å²) in [7, 11) is 0. The average Bonchev–Trinajstić information content (AvgIpc) is 2.80. The van der Waals surface area contributed by atoms with Crippen LogP contribution in [0.4, 0.5) is 0 Å². The van der Waals surface area contributed by atoms with Crippen LogP contribution in [-0.2, 0) is 4.79 Å². The second-order valence-electron chi connectivity index (χ2n) is 5.29. The van der Waals surface area contributed by atoms with Gasteiger partial charge in [-0.25, -0.2) is 0 Å². The van der Waals surface area contributed by atoms with Crippen LogP contribution in [0.15, 0.2) is 11.6 Å². The van der Waals surface area contributed by atoms with Gasteiger partial charge in [0.2, 0.25) is 5.91 Å². The maximum atomic E-state index is 11.7. The predicted molar refractivity (Wildman–Crippen MR) is 68.7 cm³/mol. The van der Waals surface area contributed by atoms with Gasteiger partial charge < -0.3 is 5.32 Å². The zero-order valence-electron chi connectivity index (χ0n) is 10.5. The molecule has 1 N–H and O–H groups in total. The van der Waals surface area contributed by atoms with E-state index < -0.39 is 0 Å². The summed E-state index contributed by atoms with van der Waals surface area (Å²) < 4.78 is 0. The summed E-state index contributed by atoms with van der Waals surface area (Å²) in [5, 5.41) is 3.05. The Hall–Kier alpha value is -0.500. The van der Waals surface area contributed by atoms with E-state index in [-0.39, 0.29) is 5.91 Å². The van der Waals surface area contributed by atoms with Gasteiger partial charge in [0.05, 0.1) is 0 Å². The molecule has 92 valence electrons. The zero-order valence-corrected chi connectivity index (χ0v) is 11.2. The molecule has 0 saturated heterocycles. The van der Waals surface area contributed by atoms with Gasteiger partial charge in [0.15, 0.2) is 0 Å². The molecule has 1 aliphatic rings. The van der Waals surface area contributed by atoms with Crippen molar-refractivity contribution in [2.45, 2.75) is 52.5 Å². The molecule has 1 rings (SSSR count). The molecule has 3 heteroatoms. The smallest absolute Gasteiger partial charge is 0.246 e. The minimum absolute atomic E-state index is 0.0847. The van der Waals surface area contributed by atoms with Crippen LogP contribution in [0.2, 0.25) is 0 Å². The minimum Gasteiger partial charge on any atom is -0.349 e. The Balaban J connectivity index is 2.25. The van der Waals surface area contributed by atoms with Crippen LogP contribution in [0.5, 0.6) is 0 Å². The van der Waals surface area contributed by atoms with Crippen molar-refractivity contribution in [2.75, 3.05) is 5.88 Å². The lowest BCUT2D eigenvalue weighted by molar-refractivity contribution is -0.117.